The van der Waals surface area contributed by atoms with Crippen LogP contribution in [0, 0.1) is 29.6 Å². The van der Waals surface area contributed by atoms with Crippen molar-refractivity contribution in [2.24, 2.45) is 29.6 Å². The number of fused-ring (bicyclic) bond motifs is 3. The maximum Gasteiger partial charge on any atom is 0.160 e. The molecule has 0 amide bonds. The molecule has 0 saturated heterocycles. The maximum atomic E-state index is 3.71. The monoisotopic (exact) mass is 470 g/mol. The highest BCUT2D eigenvalue weighted by Gasteiger charge is 2.54. The molecule has 2 aromatic carbocycles. The van der Waals surface area contributed by atoms with Crippen LogP contribution in [0.4, 0.5) is 22.7 Å². The molecule has 5 rings (SSSR count). The van der Waals surface area contributed by atoms with Crippen molar-refractivity contribution in [3.05, 3.63) is 71.8 Å². The summed E-state index contributed by atoms with van der Waals surface area (Å²) in [6.45, 7) is 17.3. The quantitative estimate of drug-likeness (QED) is 0.438. The Bertz CT molecular complexity index is 1080. The second-order valence-electron chi connectivity index (χ2n) is 11.9. The molecule has 1 fully saturated rings. The zero-order valence-electron chi connectivity index (χ0n) is 22.1. The summed E-state index contributed by atoms with van der Waals surface area (Å²) in [6.07, 6.45) is 7.94. The fraction of sp³-hybridized carbons (Fsp3) is 0.484. The number of allylic oxidation sites excluding steroid dienone is 4. The molecular formula is C31H42N2Si. The Kier molecular flexibility index (Phi) is 6.04. The first-order valence-corrected chi connectivity index (χ1v) is 16.4. The molecule has 180 valence electrons. The molecule has 0 aromatic heterocycles. The molecule has 0 bridgehead atoms. The van der Waals surface area contributed by atoms with Gasteiger partial charge in [0.25, 0.3) is 0 Å². The van der Waals surface area contributed by atoms with E-state index in [-0.39, 0.29) is 0 Å². The van der Waals surface area contributed by atoms with Gasteiger partial charge in [-0.1, -0.05) is 96.1 Å². The fourth-order valence-corrected chi connectivity index (χ4v) is 11.3. The standard InChI is InChI=1S/C31H42N2Si/c1-8-22-19-30(25-18-23(20(2)3)17-24(21(4)5)31(22)25)34(6,7)33-28-15-11-9-13-26(28)32-27-14-10-12-16-29(27)33/h9-18,20-22,25,30-32H,8,19H2,1-7H3/t22-,25+,30?,31+/m0/s1. The third-order valence-electron chi connectivity index (χ3n) is 8.95. The Labute approximate surface area is 208 Å². The number of nitrogens with one attached hydrogen (secondary N) is 1. The zero-order valence-corrected chi connectivity index (χ0v) is 23.1. The van der Waals surface area contributed by atoms with Gasteiger partial charge in [0.2, 0.25) is 0 Å². The Hall–Kier alpha value is -2.26. The molecule has 4 atom stereocenters. The third-order valence-corrected chi connectivity index (χ3v) is 13.0. The summed E-state index contributed by atoms with van der Waals surface area (Å²) in [7, 11) is -1.95. The Morgan fingerprint density at radius 3 is 2.03 bits per heavy atom. The lowest BCUT2D eigenvalue weighted by atomic mass is 9.72. The second kappa shape index (κ2) is 8.75. The van der Waals surface area contributed by atoms with Gasteiger partial charge in [-0.05, 0) is 71.4 Å². The first-order chi connectivity index (χ1) is 16.2. The summed E-state index contributed by atoms with van der Waals surface area (Å²) < 4.78 is 2.80. The van der Waals surface area contributed by atoms with Gasteiger partial charge in [0.15, 0.2) is 8.24 Å². The van der Waals surface area contributed by atoms with E-state index < -0.39 is 8.24 Å². The SMILES string of the molecule is CC[C@H]1CC([Si](C)(C)N2c3ccccc3Nc3ccccc32)[C@H]2C=C(C(C)C)C=C(C(C)C)[C@@H]12. The highest BCUT2D eigenvalue weighted by molar-refractivity contribution is 6.84. The summed E-state index contributed by atoms with van der Waals surface area (Å²) in [4.78, 5) is 0. The fourth-order valence-electron chi connectivity index (χ4n) is 7.17. The molecule has 0 radical (unpaired) electrons. The van der Waals surface area contributed by atoms with Crippen LogP contribution in [0.25, 0.3) is 0 Å². The normalized spacial score (nSPS) is 26.0. The van der Waals surface area contributed by atoms with Crippen LogP contribution in [-0.2, 0) is 0 Å². The van der Waals surface area contributed by atoms with Crippen LogP contribution in [0.2, 0.25) is 18.6 Å². The molecule has 2 aromatic rings. The van der Waals surface area contributed by atoms with Crippen molar-refractivity contribution in [2.45, 2.75) is 66.1 Å². The molecule has 1 heterocycles. The lowest BCUT2D eigenvalue weighted by molar-refractivity contribution is 0.359. The molecular weight excluding hydrogens is 428 g/mol. The Balaban J connectivity index is 1.64. The van der Waals surface area contributed by atoms with Crippen molar-refractivity contribution in [1.29, 1.82) is 0 Å². The van der Waals surface area contributed by atoms with E-state index in [1.165, 1.54) is 35.6 Å². The van der Waals surface area contributed by atoms with E-state index in [1.54, 1.807) is 11.1 Å². The van der Waals surface area contributed by atoms with Crippen molar-refractivity contribution in [1.82, 2.24) is 0 Å². The van der Waals surface area contributed by atoms with E-state index in [2.05, 4.69) is 118 Å². The van der Waals surface area contributed by atoms with Crippen molar-refractivity contribution in [2.75, 3.05) is 9.88 Å². The number of para-hydroxylation sites is 4. The molecule has 1 unspecified atom stereocenters. The summed E-state index contributed by atoms with van der Waals surface area (Å²) in [5.74, 6) is 3.35. The lowest BCUT2D eigenvalue weighted by Crippen LogP contribution is -2.52. The van der Waals surface area contributed by atoms with Crippen LogP contribution < -0.4 is 9.88 Å². The smallest absolute Gasteiger partial charge is 0.160 e. The van der Waals surface area contributed by atoms with Crippen molar-refractivity contribution >= 4 is 31.0 Å². The Morgan fingerprint density at radius 1 is 0.912 bits per heavy atom. The van der Waals surface area contributed by atoms with E-state index in [9.17, 15) is 0 Å². The van der Waals surface area contributed by atoms with Gasteiger partial charge >= 0.3 is 0 Å². The number of anilines is 4. The van der Waals surface area contributed by atoms with E-state index in [0.717, 1.165) is 11.5 Å². The van der Waals surface area contributed by atoms with Gasteiger partial charge in [0.05, 0.1) is 22.7 Å². The van der Waals surface area contributed by atoms with Crippen LogP contribution in [0.1, 0.15) is 47.5 Å². The van der Waals surface area contributed by atoms with E-state index >= 15 is 0 Å². The minimum absolute atomic E-state index is 0.585. The average molecular weight is 471 g/mol. The van der Waals surface area contributed by atoms with Crippen molar-refractivity contribution in [3.8, 4) is 0 Å². The predicted octanol–water partition coefficient (Wildman–Crippen LogP) is 9.30. The summed E-state index contributed by atoms with van der Waals surface area (Å²) in [6, 6.07) is 17.9. The number of rotatable bonds is 5. The molecule has 1 saturated carbocycles. The minimum atomic E-state index is -1.95. The summed E-state index contributed by atoms with van der Waals surface area (Å²) in [5, 5.41) is 3.71. The number of hydrogen-bond donors (Lipinski definition) is 1. The molecule has 0 spiro atoms. The highest BCUT2D eigenvalue weighted by Crippen LogP contribution is 2.60. The van der Waals surface area contributed by atoms with Crippen molar-refractivity contribution < 1.29 is 0 Å². The summed E-state index contributed by atoms with van der Waals surface area (Å²) >= 11 is 0. The number of benzene rings is 2. The largest absolute Gasteiger partial charge is 0.366 e. The zero-order chi connectivity index (χ0) is 24.2. The topological polar surface area (TPSA) is 15.3 Å². The van der Waals surface area contributed by atoms with Gasteiger partial charge in [0, 0.05) is 0 Å². The molecule has 1 N–H and O–H groups in total. The highest BCUT2D eigenvalue weighted by atomic mass is 28.3. The van der Waals surface area contributed by atoms with E-state index in [4.69, 9.17) is 0 Å². The van der Waals surface area contributed by atoms with Crippen LogP contribution in [0.5, 0.6) is 0 Å². The number of nitrogens with zero attached hydrogens (tertiary/aromatic N) is 1. The molecule has 34 heavy (non-hydrogen) atoms. The van der Waals surface area contributed by atoms with E-state index in [0.29, 0.717) is 23.7 Å². The minimum Gasteiger partial charge on any atom is -0.366 e. The second-order valence-corrected chi connectivity index (χ2v) is 16.4. The van der Waals surface area contributed by atoms with Crippen LogP contribution in [0.15, 0.2) is 71.8 Å². The molecule has 2 aliphatic carbocycles. The first-order valence-electron chi connectivity index (χ1n) is 13.4. The van der Waals surface area contributed by atoms with E-state index in [1.807, 2.05) is 0 Å². The number of hydrogen-bond acceptors (Lipinski definition) is 2. The lowest BCUT2D eigenvalue weighted by Gasteiger charge is -2.48. The molecule has 3 heteroatoms. The van der Waals surface area contributed by atoms with Crippen LogP contribution >= 0.6 is 0 Å². The van der Waals surface area contributed by atoms with Gasteiger partial charge in [-0.15, -0.1) is 0 Å². The van der Waals surface area contributed by atoms with Gasteiger partial charge in [-0.3, -0.25) is 0 Å². The summed E-state index contributed by atoms with van der Waals surface area (Å²) in [5.41, 5.74) is 9.21. The van der Waals surface area contributed by atoms with Crippen LogP contribution in [-0.4, -0.2) is 8.24 Å². The molecule has 2 nitrogen and oxygen atoms in total. The van der Waals surface area contributed by atoms with Crippen LogP contribution in [0.3, 0.4) is 0 Å². The third kappa shape index (κ3) is 3.68. The van der Waals surface area contributed by atoms with Gasteiger partial charge < -0.3 is 9.88 Å². The van der Waals surface area contributed by atoms with Gasteiger partial charge in [0.1, 0.15) is 0 Å². The Morgan fingerprint density at radius 2 is 1.50 bits per heavy atom. The molecule has 3 aliphatic rings. The average Bonchev–Trinajstić information content (AvgIpc) is 3.21. The first kappa shape index (κ1) is 23.5. The van der Waals surface area contributed by atoms with Gasteiger partial charge in [-0.25, -0.2) is 0 Å². The van der Waals surface area contributed by atoms with Gasteiger partial charge in [-0.2, -0.15) is 0 Å². The molecule has 1 aliphatic heterocycles. The van der Waals surface area contributed by atoms with Crippen molar-refractivity contribution in [3.63, 3.8) is 0 Å². The predicted molar refractivity (Wildman–Crippen MR) is 151 cm³/mol. The maximum absolute atomic E-state index is 3.71.